The maximum atomic E-state index is 12.0. The van der Waals surface area contributed by atoms with Gasteiger partial charge in [-0.1, -0.05) is 18.5 Å². The van der Waals surface area contributed by atoms with Gasteiger partial charge >= 0.3 is 0 Å². The van der Waals surface area contributed by atoms with Gasteiger partial charge in [0.1, 0.15) is 12.1 Å². The second kappa shape index (κ2) is 7.54. The van der Waals surface area contributed by atoms with Crippen molar-refractivity contribution in [3.05, 3.63) is 47.1 Å². The highest BCUT2D eigenvalue weighted by atomic mass is 35.5. The summed E-state index contributed by atoms with van der Waals surface area (Å²) in [6, 6.07) is 3.34. The summed E-state index contributed by atoms with van der Waals surface area (Å²) in [5.74, 6) is 0.343. The summed E-state index contributed by atoms with van der Waals surface area (Å²) in [5.41, 5.74) is 1.15. The molecule has 0 bridgehead atoms. The molecule has 0 saturated carbocycles. The molecule has 0 fully saturated rings. The highest BCUT2D eigenvalue weighted by Gasteiger charge is 2.09. The average Bonchev–Trinajstić information content (AvgIpc) is 2.52. The van der Waals surface area contributed by atoms with Gasteiger partial charge < -0.3 is 10.6 Å². The van der Waals surface area contributed by atoms with Gasteiger partial charge in [-0.05, 0) is 18.6 Å². The van der Waals surface area contributed by atoms with Crippen LogP contribution in [-0.2, 0) is 6.54 Å². The van der Waals surface area contributed by atoms with Crippen LogP contribution in [0.15, 0.2) is 30.9 Å². The van der Waals surface area contributed by atoms with E-state index in [4.69, 9.17) is 11.6 Å². The number of halogens is 1. The molecule has 1 amide bonds. The zero-order valence-electron chi connectivity index (χ0n) is 11.6. The quantitative estimate of drug-likeness (QED) is 0.856. The molecule has 7 heteroatoms. The molecule has 0 aromatic carbocycles. The predicted molar refractivity (Wildman–Crippen MR) is 81.2 cm³/mol. The molecule has 0 aliphatic rings. The maximum Gasteiger partial charge on any atom is 0.253 e. The summed E-state index contributed by atoms with van der Waals surface area (Å²) < 4.78 is 0. The van der Waals surface area contributed by atoms with E-state index in [2.05, 4.69) is 32.5 Å². The van der Waals surface area contributed by atoms with Crippen molar-refractivity contribution in [1.82, 2.24) is 20.3 Å². The third kappa shape index (κ3) is 4.39. The molecule has 6 nitrogen and oxygen atoms in total. The molecule has 0 radical (unpaired) electrons. The van der Waals surface area contributed by atoms with Crippen LogP contribution in [0.1, 0.15) is 29.4 Å². The lowest BCUT2D eigenvalue weighted by Gasteiger charge is -2.08. The first-order chi connectivity index (χ1) is 10.2. The number of hydrogen-bond acceptors (Lipinski definition) is 5. The van der Waals surface area contributed by atoms with Crippen LogP contribution >= 0.6 is 11.6 Å². The number of aromatic nitrogens is 3. The molecule has 2 N–H and O–H groups in total. The third-order valence-electron chi connectivity index (χ3n) is 2.72. The highest BCUT2D eigenvalue weighted by molar-refractivity contribution is 6.33. The number of anilines is 1. The van der Waals surface area contributed by atoms with Crippen LogP contribution in [0.4, 0.5) is 5.82 Å². The molecule has 0 spiro atoms. The van der Waals surface area contributed by atoms with Gasteiger partial charge in [0.2, 0.25) is 0 Å². The van der Waals surface area contributed by atoms with Gasteiger partial charge in [0.15, 0.2) is 0 Å². The number of carbonyl (C=O) groups is 1. The molecule has 2 aromatic rings. The SMILES string of the molecule is CCCNc1ncc(C(=O)NCc2ccncn2)cc1Cl. The second-order valence-electron chi connectivity index (χ2n) is 4.36. The molecular formula is C14H16ClN5O. The van der Waals surface area contributed by atoms with Crippen molar-refractivity contribution in [1.29, 1.82) is 0 Å². The molecule has 21 heavy (non-hydrogen) atoms. The number of carbonyl (C=O) groups excluding carboxylic acids is 1. The first-order valence-electron chi connectivity index (χ1n) is 6.63. The van der Waals surface area contributed by atoms with E-state index in [1.165, 1.54) is 12.5 Å². The fraction of sp³-hybridized carbons (Fsp3) is 0.286. The minimum absolute atomic E-state index is 0.245. The first-order valence-corrected chi connectivity index (χ1v) is 7.01. The number of pyridine rings is 1. The summed E-state index contributed by atoms with van der Waals surface area (Å²) in [5, 5.41) is 6.28. The molecule has 0 aliphatic carbocycles. The smallest absolute Gasteiger partial charge is 0.253 e. The maximum absolute atomic E-state index is 12.0. The van der Waals surface area contributed by atoms with Crippen LogP contribution in [0.3, 0.4) is 0 Å². The Morgan fingerprint density at radius 3 is 2.90 bits per heavy atom. The lowest BCUT2D eigenvalue weighted by atomic mass is 10.2. The van der Waals surface area contributed by atoms with Gasteiger partial charge in [-0.25, -0.2) is 15.0 Å². The third-order valence-corrected chi connectivity index (χ3v) is 3.01. The number of rotatable bonds is 6. The van der Waals surface area contributed by atoms with E-state index in [-0.39, 0.29) is 5.91 Å². The van der Waals surface area contributed by atoms with Crippen LogP contribution in [0.25, 0.3) is 0 Å². The molecule has 110 valence electrons. The second-order valence-corrected chi connectivity index (χ2v) is 4.77. The fourth-order valence-corrected chi connectivity index (χ4v) is 1.86. The standard InChI is InChI=1S/C14H16ClN5O/c1-2-4-17-13-12(15)6-10(7-18-13)14(21)19-8-11-3-5-16-9-20-11/h3,5-7,9H,2,4,8H2,1H3,(H,17,18)(H,19,21). The first kappa shape index (κ1) is 15.2. The Morgan fingerprint density at radius 1 is 1.38 bits per heavy atom. The van der Waals surface area contributed by atoms with Crippen molar-refractivity contribution in [3.8, 4) is 0 Å². The zero-order chi connectivity index (χ0) is 15.1. The summed E-state index contributed by atoms with van der Waals surface area (Å²) in [4.78, 5) is 24.0. The van der Waals surface area contributed by atoms with Crippen LogP contribution in [0.2, 0.25) is 5.02 Å². The number of amides is 1. The Morgan fingerprint density at radius 2 is 2.24 bits per heavy atom. The summed E-state index contributed by atoms with van der Waals surface area (Å²) in [6.45, 7) is 3.16. The molecule has 2 rings (SSSR count). The van der Waals surface area contributed by atoms with E-state index in [9.17, 15) is 4.79 Å². The molecular weight excluding hydrogens is 290 g/mol. The molecule has 0 saturated heterocycles. The highest BCUT2D eigenvalue weighted by Crippen LogP contribution is 2.20. The summed E-state index contributed by atoms with van der Waals surface area (Å²) >= 11 is 6.10. The minimum atomic E-state index is -0.245. The van der Waals surface area contributed by atoms with Crippen LogP contribution in [0.5, 0.6) is 0 Å². The van der Waals surface area contributed by atoms with Gasteiger partial charge in [-0.15, -0.1) is 0 Å². The minimum Gasteiger partial charge on any atom is -0.369 e. The van der Waals surface area contributed by atoms with E-state index in [1.54, 1.807) is 18.3 Å². The van der Waals surface area contributed by atoms with E-state index >= 15 is 0 Å². The van der Waals surface area contributed by atoms with E-state index < -0.39 is 0 Å². The summed E-state index contributed by atoms with van der Waals surface area (Å²) in [7, 11) is 0. The molecule has 0 aliphatic heterocycles. The van der Waals surface area contributed by atoms with Crippen LogP contribution in [0, 0.1) is 0 Å². The summed E-state index contributed by atoms with van der Waals surface area (Å²) in [6.07, 6.45) is 5.54. The van der Waals surface area contributed by atoms with Crippen molar-refractivity contribution in [2.75, 3.05) is 11.9 Å². The van der Waals surface area contributed by atoms with Crippen molar-refractivity contribution >= 4 is 23.3 Å². The molecule has 2 aromatic heterocycles. The van der Waals surface area contributed by atoms with E-state index in [0.717, 1.165) is 18.7 Å². The molecule has 0 atom stereocenters. The van der Waals surface area contributed by atoms with Gasteiger partial charge in [-0.2, -0.15) is 0 Å². The Labute approximate surface area is 128 Å². The number of hydrogen-bond donors (Lipinski definition) is 2. The Hall–Kier alpha value is -2.21. The normalized spacial score (nSPS) is 10.2. The Bertz CT molecular complexity index is 606. The number of nitrogens with zero attached hydrogens (tertiary/aromatic N) is 3. The molecule has 0 unspecified atom stereocenters. The van der Waals surface area contributed by atoms with Crippen molar-refractivity contribution in [2.45, 2.75) is 19.9 Å². The lowest BCUT2D eigenvalue weighted by molar-refractivity contribution is 0.0950. The largest absolute Gasteiger partial charge is 0.369 e. The van der Waals surface area contributed by atoms with Gasteiger partial charge in [0, 0.05) is 18.9 Å². The van der Waals surface area contributed by atoms with Crippen LogP contribution in [-0.4, -0.2) is 27.4 Å². The van der Waals surface area contributed by atoms with Gasteiger partial charge in [0.05, 0.1) is 22.8 Å². The number of nitrogens with one attached hydrogen (secondary N) is 2. The Balaban J connectivity index is 1.98. The lowest BCUT2D eigenvalue weighted by Crippen LogP contribution is -2.23. The fourth-order valence-electron chi connectivity index (χ4n) is 1.63. The Kier molecular flexibility index (Phi) is 5.45. The average molecular weight is 306 g/mol. The molecule has 2 heterocycles. The van der Waals surface area contributed by atoms with E-state index in [0.29, 0.717) is 22.9 Å². The predicted octanol–water partition coefficient (Wildman–Crippen LogP) is 2.28. The monoisotopic (exact) mass is 305 g/mol. The van der Waals surface area contributed by atoms with Crippen LogP contribution < -0.4 is 10.6 Å². The van der Waals surface area contributed by atoms with Gasteiger partial charge in [-0.3, -0.25) is 4.79 Å². The van der Waals surface area contributed by atoms with Crippen molar-refractivity contribution in [3.63, 3.8) is 0 Å². The van der Waals surface area contributed by atoms with Crippen molar-refractivity contribution < 1.29 is 4.79 Å². The van der Waals surface area contributed by atoms with Crippen molar-refractivity contribution in [2.24, 2.45) is 0 Å². The topological polar surface area (TPSA) is 79.8 Å². The zero-order valence-corrected chi connectivity index (χ0v) is 12.4. The van der Waals surface area contributed by atoms with E-state index in [1.807, 2.05) is 0 Å². The van der Waals surface area contributed by atoms with Gasteiger partial charge in [0.25, 0.3) is 5.91 Å².